The fourth-order valence-corrected chi connectivity index (χ4v) is 4.09. The van der Waals surface area contributed by atoms with Gasteiger partial charge >= 0.3 is 0 Å². The van der Waals surface area contributed by atoms with Crippen LogP contribution in [0.15, 0.2) is 18.2 Å². The maximum absolute atomic E-state index is 9.68. The Balaban J connectivity index is 1.84. The summed E-state index contributed by atoms with van der Waals surface area (Å²) >= 11 is 0. The van der Waals surface area contributed by atoms with Gasteiger partial charge in [-0.1, -0.05) is 6.92 Å². The van der Waals surface area contributed by atoms with Gasteiger partial charge in [0.25, 0.3) is 0 Å². The quantitative estimate of drug-likeness (QED) is 0.791. The van der Waals surface area contributed by atoms with E-state index in [1.165, 1.54) is 6.07 Å². The molecule has 1 aromatic rings. The Morgan fingerprint density at radius 2 is 1.95 bits per heavy atom. The number of nitrogens with one attached hydrogen (secondary N) is 1. The lowest BCUT2D eigenvalue weighted by molar-refractivity contribution is 0.165. The minimum absolute atomic E-state index is 0.140. The number of likely N-dealkylation sites (tertiary alicyclic amines) is 1. The molecule has 2 heterocycles. The molecule has 4 heteroatoms. The number of benzene rings is 1. The number of phenolic OH excluding ortho intramolecular Hbond substituents is 2. The molecule has 3 N–H and O–H groups in total. The Labute approximate surface area is 120 Å². The summed E-state index contributed by atoms with van der Waals surface area (Å²) in [6.45, 7) is 7.78. The molecular weight excluding hydrogens is 252 g/mol. The predicted molar refractivity (Wildman–Crippen MR) is 78.8 cm³/mol. The topological polar surface area (TPSA) is 55.7 Å². The van der Waals surface area contributed by atoms with Crippen LogP contribution < -0.4 is 5.32 Å². The van der Waals surface area contributed by atoms with Crippen molar-refractivity contribution < 1.29 is 10.2 Å². The van der Waals surface area contributed by atoms with Gasteiger partial charge in [0.1, 0.15) is 11.5 Å². The zero-order valence-electron chi connectivity index (χ0n) is 12.2. The van der Waals surface area contributed by atoms with Crippen molar-refractivity contribution in [1.82, 2.24) is 10.2 Å². The molecule has 4 nitrogen and oxygen atoms in total. The van der Waals surface area contributed by atoms with Gasteiger partial charge in [-0.2, -0.15) is 0 Å². The monoisotopic (exact) mass is 276 g/mol. The van der Waals surface area contributed by atoms with Crippen molar-refractivity contribution in [1.29, 1.82) is 0 Å². The highest BCUT2D eigenvalue weighted by Crippen LogP contribution is 2.40. The maximum Gasteiger partial charge on any atom is 0.119 e. The molecule has 0 aliphatic carbocycles. The van der Waals surface area contributed by atoms with Crippen LogP contribution in [0.1, 0.15) is 31.9 Å². The number of rotatable bonds is 3. The highest BCUT2D eigenvalue weighted by molar-refractivity contribution is 5.38. The van der Waals surface area contributed by atoms with Crippen molar-refractivity contribution in [3.63, 3.8) is 0 Å². The van der Waals surface area contributed by atoms with Crippen molar-refractivity contribution in [2.75, 3.05) is 19.6 Å². The minimum Gasteiger partial charge on any atom is -0.508 e. The van der Waals surface area contributed by atoms with Crippen LogP contribution >= 0.6 is 0 Å². The lowest BCUT2D eigenvalue weighted by Crippen LogP contribution is -2.36. The molecule has 0 amide bonds. The van der Waals surface area contributed by atoms with Crippen LogP contribution in [0.4, 0.5) is 0 Å². The molecule has 0 bridgehead atoms. The van der Waals surface area contributed by atoms with E-state index in [1.54, 1.807) is 12.1 Å². The Bertz CT molecular complexity index is 471. The highest BCUT2D eigenvalue weighted by atomic mass is 16.3. The predicted octanol–water partition coefficient (Wildman–Crippen LogP) is 2.09. The molecule has 2 aliphatic heterocycles. The van der Waals surface area contributed by atoms with Gasteiger partial charge in [-0.25, -0.2) is 0 Å². The smallest absolute Gasteiger partial charge is 0.119 e. The highest BCUT2D eigenvalue weighted by Gasteiger charge is 2.44. The van der Waals surface area contributed by atoms with E-state index in [2.05, 4.69) is 24.1 Å². The van der Waals surface area contributed by atoms with Gasteiger partial charge in [0.15, 0.2) is 0 Å². The molecule has 1 aromatic carbocycles. The summed E-state index contributed by atoms with van der Waals surface area (Å²) in [5, 5.41) is 22.9. The first-order valence-corrected chi connectivity index (χ1v) is 7.59. The Morgan fingerprint density at radius 3 is 2.60 bits per heavy atom. The van der Waals surface area contributed by atoms with Crippen LogP contribution in [0.2, 0.25) is 0 Å². The van der Waals surface area contributed by atoms with E-state index in [9.17, 15) is 10.2 Å². The lowest BCUT2D eigenvalue weighted by atomic mass is 9.92. The summed E-state index contributed by atoms with van der Waals surface area (Å²) in [6.07, 6.45) is 1.15. The van der Waals surface area contributed by atoms with Gasteiger partial charge in [-0.3, -0.25) is 4.90 Å². The first kappa shape index (κ1) is 13.7. The summed E-state index contributed by atoms with van der Waals surface area (Å²) in [4.78, 5) is 2.55. The summed E-state index contributed by atoms with van der Waals surface area (Å²) in [5.41, 5.74) is 0.994. The number of aromatic hydroxyl groups is 2. The first-order chi connectivity index (χ1) is 9.60. The van der Waals surface area contributed by atoms with Gasteiger partial charge < -0.3 is 15.5 Å². The SMILES string of the molecule is CCC1C2CNCC2CN1C(C)c1cc(O)cc(O)c1. The van der Waals surface area contributed by atoms with Crippen LogP contribution in [-0.4, -0.2) is 40.8 Å². The second-order valence-electron chi connectivity index (χ2n) is 6.21. The second kappa shape index (κ2) is 5.26. The van der Waals surface area contributed by atoms with Gasteiger partial charge in [0, 0.05) is 24.7 Å². The van der Waals surface area contributed by atoms with E-state index in [1.807, 2.05) is 0 Å². The zero-order valence-corrected chi connectivity index (χ0v) is 12.2. The number of fused-ring (bicyclic) bond motifs is 1. The molecule has 0 aromatic heterocycles. The Kier molecular flexibility index (Phi) is 3.61. The van der Waals surface area contributed by atoms with Crippen molar-refractivity contribution in [2.45, 2.75) is 32.4 Å². The van der Waals surface area contributed by atoms with Gasteiger partial charge in [-0.05, 0) is 56.0 Å². The van der Waals surface area contributed by atoms with Crippen LogP contribution in [0.5, 0.6) is 11.5 Å². The second-order valence-corrected chi connectivity index (χ2v) is 6.21. The van der Waals surface area contributed by atoms with Gasteiger partial charge in [-0.15, -0.1) is 0 Å². The molecule has 2 saturated heterocycles. The zero-order chi connectivity index (χ0) is 14.3. The molecular formula is C16H24N2O2. The molecule has 110 valence electrons. The number of phenols is 2. The largest absolute Gasteiger partial charge is 0.508 e. The van der Waals surface area contributed by atoms with Crippen LogP contribution in [0, 0.1) is 11.8 Å². The van der Waals surface area contributed by atoms with E-state index in [4.69, 9.17) is 0 Å². The lowest BCUT2D eigenvalue weighted by Gasteiger charge is -2.32. The van der Waals surface area contributed by atoms with Crippen LogP contribution in [0.3, 0.4) is 0 Å². The molecule has 0 spiro atoms. The summed E-state index contributed by atoms with van der Waals surface area (Å²) in [7, 11) is 0. The number of nitrogens with zero attached hydrogens (tertiary/aromatic N) is 1. The third-order valence-corrected chi connectivity index (χ3v) is 5.08. The van der Waals surface area contributed by atoms with Crippen molar-refractivity contribution in [3.8, 4) is 11.5 Å². The molecule has 3 rings (SSSR count). The van der Waals surface area contributed by atoms with E-state index in [0.29, 0.717) is 6.04 Å². The van der Waals surface area contributed by atoms with E-state index in [0.717, 1.165) is 43.5 Å². The Hall–Kier alpha value is -1.26. The van der Waals surface area contributed by atoms with Crippen LogP contribution in [-0.2, 0) is 0 Å². The first-order valence-electron chi connectivity index (χ1n) is 7.59. The molecule has 2 aliphatic rings. The van der Waals surface area contributed by atoms with Crippen molar-refractivity contribution in [2.24, 2.45) is 11.8 Å². The van der Waals surface area contributed by atoms with E-state index < -0.39 is 0 Å². The normalized spacial score (nSPS) is 31.4. The molecule has 20 heavy (non-hydrogen) atoms. The summed E-state index contributed by atoms with van der Waals surface area (Å²) in [5.74, 6) is 1.77. The number of hydrogen-bond donors (Lipinski definition) is 3. The van der Waals surface area contributed by atoms with Crippen molar-refractivity contribution in [3.05, 3.63) is 23.8 Å². The third kappa shape index (κ3) is 2.27. The van der Waals surface area contributed by atoms with Crippen LogP contribution in [0.25, 0.3) is 0 Å². The minimum atomic E-state index is 0.140. The number of hydrogen-bond acceptors (Lipinski definition) is 4. The average molecular weight is 276 g/mol. The fourth-order valence-electron chi connectivity index (χ4n) is 4.09. The van der Waals surface area contributed by atoms with Gasteiger partial charge in [0.05, 0.1) is 0 Å². The maximum atomic E-state index is 9.68. The van der Waals surface area contributed by atoms with E-state index in [-0.39, 0.29) is 17.5 Å². The average Bonchev–Trinajstić information content (AvgIpc) is 2.96. The molecule has 0 saturated carbocycles. The molecule has 0 radical (unpaired) electrons. The fraction of sp³-hybridized carbons (Fsp3) is 0.625. The molecule has 4 unspecified atom stereocenters. The Morgan fingerprint density at radius 1 is 1.25 bits per heavy atom. The molecule has 2 fully saturated rings. The van der Waals surface area contributed by atoms with Gasteiger partial charge in [0.2, 0.25) is 0 Å². The summed E-state index contributed by atoms with van der Waals surface area (Å²) < 4.78 is 0. The third-order valence-electron chi connectivity index (χ3n) is 5.08. The summed E-state index contributed by atoms with van der Waals surface area (Å²) in [6, 6.07) is 5.74. The molecule has 4 atom stereocenters. The standard InChI is InChI=1S/C16H24N2O2/c1-3-16-15-8-17-7-12(15)9-18(16)10(2)11-4-13(19)6-14(20)5-11/h4-6,10,12,15-17,19-20H,3,7-9H2,1-2H3. The van der Waals surface area contributed by atoms with E-state index >= 15 is 0 Å². The van der Waals surface area contributed by atoms with Crippen molar-refractivity contribution >= 4 is 0 Å².